The van der Waals surface area contributed by atoms with E-state index in [1.807, 2.05) is 30.3 Å². The summed E-state index contributed by atoms with van der Waals surface area (Å²) in [6, 6.07) is 12.6. The van der Waals surface area contributed by atoms with Gasteiger partial charge < -0.3 is 9.64 Å². The molecule has 4 rings (SSSR count). The quantitative estimate of drug-likeness (QED) is 0.376. The zero-order valence-electron chi connectivity index (χ0n) is 17.8. The lowest BCUT2D eigenvalue weighted by atomic mass is 10.1. The van der Waals surface area contributed by atoms with Gasteiger partial charge in [-0.1, -0.05) is 30.3 Å². The van der Waals surface area contributed by atoms with E-state index in [0.717, 1.165) is 18.4 Å². The topological polar surface area (TPSA) is 58.0 Å². The Morgan fingerprint density at radius 3 is 2.62 bits per heavy atom. The number of pyridine rings is 1. The molecule has 2 heterocycles. The minimum Gasteiger partial charge on any atom is -0.476 e. The van der Waals surface area contributed by atoms with E-state index in [0.29, 0.717) is 24.8 Å². The summed E-state index contributed by atoms with van der Waals surface area (Å²) >= 11 is 0. The number of terminal acetylenes is 1. The highest BCUT2D eigenvalue weighted by Gasteiger charge is 2.45. The molecule has 2 aliphatic rings. The van der Waals surface area contributed by atoms with Gasteiger partial charge in [-0.15, -0.1) is 6.42 Å². The van der Waals surface area contributed by atoms with Gasteiger partial charge in [0.15, 0.2) is 5.84 Å². The predicted octanol–water partition coefficient (Wildman–Crippen LogP) is 3.63. The molecule has 6 nitrogen and oxygen atoms in total. The molecule has 1 aromatic carbocycles. The van der Waals surface area contributed by atoms with E-state index in [1.54, 1.807) is 6.07 Å². The van der Waals surface area contributed by atoms with Crippen molar-refractivity contribution in [2.45, 2.75) is 25.3 Å². The Labute approximate surface area is 185 Å². The molecule has 0 N–H and O–H groups in total. The molecule has 0 bridgehead atoms. The number of ether oxygens (including phenoxy) is 1. The van der Waals surface area contributed by atoms with Gasteiger partial charge in [0, 0.05) is 7.05 Å². The van der Waals surface area contributed by atoms with Crippen LogP contribution in [0.15, 0.2) is 47.5 Å². The van der Waals surface area contributed by atoms with E-state index < -0.39 is 24.9 Å². The van der Waals surface area contributed by atoms with Crippen LogP contribution in [0.25, 0.3) is 0 Å². The molecule has 2 aromatic rings. The van der Waals surface area contributed by atoms with Crippen LogP contribution in [0.2, 0.25) is 0 Å². The van der Waals surface area contributed by atoms with Crippen molar-refractivity contribution in [1.29, 1.82) is 0 Å². The molecule has 1 aliphatic heterocycles. The number of amides is 1. The van der Waals surface area contributed by atoms with Crippen molar-refractivity contribution in [3.8, 4) is 18.2 Å². The molecule has 8 heteroatoms. The van der Waals surface area contributed by atoms with Gasteiger partial charge in [0.1, 0.15) is 11.4 Å². The first-order valence-corrected chi connectivity index (χ1v) is 10.5. The highest BCUT2D eigenvalue weighted by atomic mass is 19.3. The van der Waals surface area contributed by atoms with E-state index in [1.165, 1.54) is 22.9 Å². The molecule has 2 fully saturated rings. The van der Waals surface area contributed by atoms with Crippen molar-refractivity contribution in [3.05, 3.63) is 53.7 Å². The van der Waals surface area contributed by atoms with Gasteiger partial charge in [-0.3, -0.25) is 14.7 Å². The first-order valence-electron chi connectivity index (χ1n) is 10.5. The number of anilines is 1. The number of alkyl halides is 2. The van der Waals surface area contributed by atoms with Gasteiger partial charge in [0.05, 0.1) is 26.2 Å². The molecule has 0 unspecified atom stereocenters. The highest BCUT2D eigenvalue weighted by molar-refractivity contribution is 6.11. The summed E-state index contributed by atoms with van der Waals surface area (Å²) in [6.07, 6.45) is 7.73. The zero-order chi connectivity index (χ0) is 22.7. The number of carbonyl (C=O) groups excluding carboxylic acids is 1. The predicted molar refractivity (Wildman–Crippen MR) is 118 cm³/mol. The number of carbonyl (C=O) groups is 1. The van der Waals surface area contributed by atoms with Crippen molar-refractivity contribution in [2.75, 3.05) is 31.6 Å². The Hall–Kier alpha value is -3.47. The monoisotopic (exact) mass is 438 g/mol. The SMILES string of the molecule is C#CC(=NCc1ccccc1)N(C)C(=O)c1ccc(N2CC(F)(F)C2)c(OCC2CC2)n1. The van der Waals surface area contributed by atoms with Gasteiger partial charge in [-0.2, -0.15) is 0 Å². The minimum absolute atomic E-state index is 0.108. The lowest BCUT2D eigenvalue weighted by Gasteiger charge is -2.40. The molecule has 166 valence electrons. The fourth-order valence-corrected chi connectivity index (χ4v) is 3.33. The average molecular weight is 438 g/mol. The number of aliphatic imine (C=N–C) groups is 1. The summed E-state index contributed by atoms with van der Waals surface area (Å²) in [5.74, 6) is 0.0825. The smallest absolute Gasteiger partial charge is 0.282 e. The van der Waals surface area contributed by atoms with E-state index in [4.69, 9.17) is 11.2 Å². The van der Waals surface area contributed by atoms with Crippen molar-refractivity contribution in [2.24, 2.45) is 10.9 Å². The first kappa shape index (κ1) is 21.8. The minimum atomic E-state index is -2.72. The van der Waals surface area contributed by atoms with Crippen LogP contribution < -0.4 is 9.64 Å². The zero-order valence-corrected chi connectivity index (χ0v) is 17.8. The molecule has 32 heavy (non-hydrogen) atoms. The normalized spacial score (nSPS) is 17.3. The highest BCUT2D eigenvalue weighted by Crippen LogP contribution is 2.38. The molecule has 0 radical (unpaired) electrons. The maximum absolute atomic E-state index is 13.4. The molecule has 1 saturated heterocycles. The summed E-state index contributed by atoms with van der Waals surface area (Å²) in [5, 5.41) is 0. The lowest BCUT2D eigenvalue weighted by Crippen LogP contribution is -2.56. The van der Waals surface area contributed by atoms with Crippen LogP contribution in [0.3, 0.4) is 0 Å². The number of halogens is 2. The summed E-state index contributed by atoms with van der Waals surface area (Å²) < 4.78 is 32.6. The van der Waals surface area contributed by atoms with Crippen LogP contribution in [0, 0.1) is 18.3 Å². The number of rotatable bonds is 7. The van der Waals surface area contributed by atoms with Crippen molar-refractivity contribution >= 4 is 17.4 Å². The number of nitrogens with zero attached hydrogens (tertiary/aromatic N) is 4. The third-order valence-corrected chi connectivity index (χ3v) is 5.40. The van der Waals surface area contributed by atoms with Crippen LogP contribution in [0.5, 0.6) is 5.88 Å². The van der Waals surface area contributed by atoms with E-state index >= 15 is 0 Å². The van der Waals surface area contributed by atoms with Crippen LogP contribution in [-0.2, 0) is 6.54 Å². The second-order valence-electron chi connectivity index (χ2n) is 8.12. The van der Waals surface area contributed by atoms with Gasteiger partial charge in [0.2, 0.25) is 5.88 Å². The molecular weight excluding hydrogens is 414 g/mol. The summed E-state index contributed by atoms with van der Waals surface area (Å²) in [7, 11) is 1.53. The molecule has 1 aliphatic carbocycles. The van der Waals surface area contributed by atoms with E-state index in [2.05, 4.69) is 15.9 Å². The lowest BCUT2D eigenvalue weighted by molar-refractivity contribution is -0.0265. The van der Waals surface area contributed by atoms with Crippen molar-refractivity contribution < 1.29 is 18.3 Å². The second kappa shape index (κ2) is 8.95. The number of hydrogen-bond acceptors (Lipinski definition) is 5. The third-order valence-electron chi connectivity index (χ3n) is 5.40. The number of benzene rings is 1. The third kappa shape index (κ3) is 5.05. The summed E-state index contributed by atoms with van der Waals surface area (Å²) in [6.45, 7) is -0.000758. The van der Waals surface area contributed by atoms with Gasteiger partial charge in [0.25, 0.3) is 11.8 Å². The fraction of sp³-hybridized carbons (Fsp3) is 0.375. The van der Waals surface area contributed by atoms with Crippen LogP contribution >= 0.6 is 0 Å². The van der Waals surface area contributed by atoms with Gasteiger partial charge in [-0.05, 0) is 42.4 Å². The molecular formula is C24H24F2N4O2. The van der Waals surface area contributed by atoms with Gasteiger partial charge in [-0.25, -0.2) is 13.8 Å². The first-order chi connectivity index (χ1) is 15.4. The summed E-state index contributed by atoms with van der Waals surface area (Å²) in [4.78, 5) is 24.5. The van der Waals surface area contributed by atoms with Crippen molar-refractivity contribution in [3.63, 3.8) is 0 Å². The fourth-order valence-electron chi connectivity index (χ4n) is 3.33. The largest absolute Gasteiger partial charge is 0.476 e. The van der Waals surface area contributed by atoms with Crippen LogP contribution in [0.1, 0.15) is 28.9 Å². The molecule has 1 amide bonds. The Balaban J connectivity index is 1.52. The summed E-state index contributed by atoms with van der Waals surface area (Å²) in [5.41, 5.74) is 1.54. The van der Waals surface area contributed by atoms with E-state index in [9.17, 15) is 13.6 Å². The van der Waals surface area contributed by atoms with Crippen LogP contribution in [-0.4, -0.2) is 54.3 Å². The molecule has 0 atom stereocenters. The van der Waals surface area contributed by atoms with Crippen molar-refractivity contribution in [1.82, 2.24) is 9.88 Å². The maximum Gasteiger partial charge on any atom is 0.282 e. The van der Waals surface area contributed by atoms with E-state index in [-0.39, 0.29) is 17.4 Å². The standard InChI is InChI=1S/C24H24F2N4O2/c1-3-21(27-13-17-7-5-4-6-8-17)29(2)23(31)19-11-12-20(30-15-24(25,26)16-30)22(28-19)32-14-18-9-10-18/h1,4-8,11-12,18H,9-10,13-16H2,2H3. The number of amidine groups is 1. The Morgan fingerprint density at radius 2 is 2.00 bits per heavy atom. The molecule has 1 saturated carbocycles. The molecule has 1 aromatic heterocycles. The average Bonchev–Trinajstić information content (AvgIpc) is 3.61. The Bertz CT molecular complexity index is 1050. The Morgan fingerprint density at radius 1 is 1.28 bits per heavy atom. The van der Waals surface area contributed by atoms with Gasteiger partial charge >= 0.3 is 0 Å². The Kier molecular flexibility index (Phi) is 6.08. The number of aromatic nitrogens is 1. The molecule has 0 spiro atoms. The number of hydrogen-bond donors (Lipinski definition) is 0. The second-order valence-corrected chi connectivity index (χ2v) is 8.12. The van der Waals surface area contributed by atoms with Crippen LogP contribution in [0.4, 0.5) is 14.5 Å². The maximum atomic E-state index is 13.4.